The summed E-state index contributed by atoms with van der Waals surface area (Å²) in [6, 6.07) is -0.795. The molecule has 0 aromatic carbocycles. The number of allylic oxidation sites excluding steroid dienone is 3. The van der Waals surface area contributed by atoms with Crippen molar-refractivity contribution in [2.24, 2.45) is 0 Å². The topological polar surface area (TPSA) is 89.8 Å². The molecule has 0 rings (SSSR count). The minimum atomic E-state index is -1.10. The molecule has 0 saturated carbocycles. The number of amides is 1. The number of unbranched alkanes of at least 4 members (excludes halogenated alkanes) is 22. The zero-order valence-corrected chi connectivity index (χ0v) is 27.9. The number of rotatable bonds is 32. The van der Waals surface area contributed by atoms with Crippen molar-refractivity contribution in [2.75, 3.05) is 6.61 Å². The highest BCUT2D eigenvalue weighted by Gasteiger charge is 2.22. The molecule has 1 amide bonds. The largest absolute Gasteiger partial charge is 0.394 e. The van der Waals surface area contributed by atoms with Gasteiger partial charge in [-0.05, 0) is 44.9 Å². The van der Waals surface area contributed by atoms with Crippen molar-refractivity contribution in [1.82, 2.24) is 5.32 Å². The van der Waals surface area contributed by atoms with E-state index in [2.05, 4.69) is 31.3 Å². The number of nitrogens with one attached hydrogen (secondary N) is 1. The molecular weight excluding hydrogens is 522 g/mol. The fraction of sp³-hybridized carbons (Fsp3) is 0.865. The van der Waals surface area contributed by atoms with Crippen molar-refractivity contribution in [2.45, 2.75) is 199 Å². The van der Waals surface area contributed by atoms with E-state index in [4.69, 9.17) is 0 Å². The van der Waals surface area contributed by atoms with Gasteiger partial charge in [-0.25, -0.2) is 0 Å². The highest BCUT2D eigenvalue weighted by Crippen LogP contribution is 2.13. The summed E-state index contributed by atoms with van der Waals surface area (Å²) in [6.45, 7) is 4.15. The monoisotopic (exact) mass is 594 g/mol. The Balaban J connectivity index is 3.76. The molecule has 0 aliphatic heterocycles. The van der Waals surface area contributed by atoms with E-state index in [1.165, 1.54) is 128 Å². The van der Waals surface area contributed by atoms with Gasteiger partial charge in [0.25, 0.3) is 0 Å². The maximum absolute atomic E-state index is 12.4. The van der Waals surface area contributed by atoms with Crippen LogP contribution in [0.15, 0.2) is 24.3 Å². The Hall–Kier alpha value is -1.17. The Kier molecular flexibility index (Phi) is 31.8. The van der Waals surface area contributed by atoms with Crippen LogP contribution in [0, 0.1) is 0 Å². The van der Waals surface area contributed by atoms with E-state index in [-0.39, 0.29) is 6.61 Å². The van der Waals surface area contributed by atoms with Crippen LogP contribution in [-0.2, 0) is 4.79 Å². The number of hydrogen-bond acceptors (Lipinski definition) is 4. The highest BCUT2D eigenvalue weighted by atomic mass is 16.3. The lowest BCUT2D eigenvalue weighted by molar-refractivity contribution is -0.131. The predicted octanol–water partition coefficient (Wildman–Crippen LogP) is 9.48. The summed E-state index contributed by atoms with van der Waals surface area (Å²) >= 11 is 0. The van der Waals surface area contributed by atoms with Crippen LogP contribution >= 0.6 is 0 Å². The van der Waals surface area contributed by atoms with Crippen LogP contribution < -0.4 is 5.32 Å². The lowest BCUT2D eigenvalue weighted by Crippen LogP contribution is -2.48. The zero-order valence-electron chi connectivity index (χ0n) is 27.9. The quantitative estimate of drug-likeness (QED) is 0.0462. The summed E-state index contributed by atoms with van der Waals surface area (Å²) in [6.07, 6.45) is 37.6. The SMILES string of the molecule is CCCCCCCC/C=C\CCCCCCCCC(O)C(=O)NC(CO)C(O)/C=C/CCCCCCCCCCCC. The standard InChI is InChI=1S/C37H71NO4/c1-3-5-7-9-11-13-15-17-18-19-20-22-24-26-28-30-32-36(41)37(42)38-34(33-39)35(40)31-29-27-25-23-21-16-14-12-10-8-6-4-2/h17-18,29,31,34-36,39-41H,3-16,19-28,30,32-33H2,1-2H3,(H,38,42)/b18-17-,31-29+. The van der Waals surface area contributed by atoms with Crippen LogP contribution in [0.2, 0.25) is 0 Å². The van der Waals surface area contributed by atoms with E-state index >= 15 is 0 Å². The van der Waals surface area contributed by atoms with Gasteiger partial charge in [0.15, 0.2) is 0 Å². The number of carbonyl (C=O) groups is 1. The van der Waals surface area contributed by atoms with Gasteiger partial charge in [-0.3, -0.25) is 4.79 Å². The van der Waals surface area contributed by atoms with Crippen molar-refractivity contribution < 1.29 is 20.1 Å². The predicted molar refractivity (Wildman–Crippen MR) is 181 cm³/mol. The molecule has 0 aromatic rings. The average molecular weight is 594 g/mol. The van der Waals surface area contributed by atoms with Gasteiger partial charge in [0.05, 0.1) is 18.8 Å². The summed E-state index contributed by atoms with van der Waals surface area (Å²) in [4.78, 5) is 12.4. The molecule has 0 bridgehead atoms. The summed E-state index contributed by atoms with van der Waals surface area (Å²) in [5.41, 5.74) is 0. The fourth-order valence-electron chi connectivity index (χ4n) is 5.35. The Morgan fingerprint density at radius 3 is 1.38 bits per heavy atom. The third-order valence-corrected chi connectivity index (χ3v) is 8.29. The summed E-state index contributed by atoms with van der Waals surface area (Å²) in [7, 11) is 0. The Morgan fingerprint density at radius 1 is 0.571 bits per heavy atom. The molecule has 0 radical (unpaired) electrons. The molecule has 3 atom stereocenters. The van der Waals surface area contributed by atoms with E-state index in [9.17, 15) is 20.1 Å². The first-order valence-corrected chi connectivity index (χ1v) is 18.2. The van der Waals surface area contributed by atoms with Gasteiger partial charge in [0, 0.05) is 0 Å². The minimum Gasteiger partial charge on any atom is -0.394 e. The second kappa shape index (κ2) is 32.7. The van der Waals surface area contributed by atoms with Crippen molar-refractivity contribution >= 4 is 5.91 Å². The molecule has 0 heterocycles. The lowest BCUT2D eigenvalue weighted by atomic mass is 10.0. The van der Waals surface area contributed by atoms with Gasteiger partial charge < -0.3 is 20.6 Å². The van der Waals surface area contributed by atoms with Gasteiger partial charge in [-0.1, -0.05) is 160 Å². The van der Waals surface area contributed by atoms with Crippen LogP contribution in [0.25, 0.3) is 0 Å². The maximum atomic E-state index is 12.4. The first-order valence-electron chi connectivity index (χ1n) is 18.2. The molecule has 3 unspecified atom stereocenters. The van der Waals surface area contributed by atoms with Gasteiger partial charge in [-0.15, -0.1) is 0 Å². The highest BCUT2D eigenvalue weighted by molar-refractivity contribution is 5.80. The van der Waals surface area contributed by atoms with Crippen molar-refractivity contribution in [3.05, 3.63) is 24.3 Å². The summed E-state index contributed by atoms with van der Waals surface area (Å²) in [5.74, 6) is -0.510. The number of aliphatic hydroxyl groups is 3. The second-order valence-corrected chi connectivity index (χ2v) is 12.4. The summed E-state index contributed by atoms with van der Waals surface area (Å²) in [5, 5.41) is 32.9. The molecule has 248 valence electrons. The third-order valence-electron chi connectivity index (χ3n) is 8.29. The molecule has 42 heavy (non-hydrogen) atoms. The first-order chi connectivity index (χ1) is 20.6. The molecule has 0 aliphatic carbocycles. The van der Waals surface area contributed by atoms with E-state index in [1.807, 2.05) is 6.08 Å². The molecule has 0 spiro atoms. The van der Waals surface area contributed by atoms with Gasteiger partial charge >= 0.3 is 0 Å². The van der Waals surface area contributed by atoms with Gasteiger partial charge in [0.2, 0.25) is 5.91 Å². The van der Waals surface area contributed by atoms with E-state index in [1.54, 1.807) is 6.08 Å². The van der Waals surface area contributed by atoms with Crippen LogP contribution in [0.3, 0.4) is 0 Å². The molecule has 4 N–H and O–H groups in total. The van der Waals surface area contributed by atoms with Crippen molar-refractivity contribution in [1.29, 1.82) is 0 Å². The molecule has 5 nitrogen and oxygen atoms in total. The third kappa shape index (κ3) is 27.7. The molecule has 0 aromatic heterocycles. The smallest absolute Gasteiger partial charge is 0.249 e. The zero-order chi connectivity index (χ0) is 30.9. The van der Waals surface area contributed by atoms with Crippen LogP contribution in [0.5, 0.6) is 0 Å². The van der Waals surface area contributed by atoms with Crippen LogP contribution in [0.1, 0.15) is 181 Å². The van der Waals surface area contributed by atoms with Gasteiger partial charge in [-0.2, -0.15) is 0 Å². The Labute approximate surface area is 261 Å². The molecular formula is C37H71NO4. The van der Waals surface area contributed by atoms with Crippen LogP contribution in [0.4, 0.5) is 0 Å². The molecule has 0 aliphatic rings. The normalized spacial score (nSPS) is 14.1. The minimum absolute atomic E-state index is 0.365. The van der Waals surface area contributed by atoms with Crippen molar-refractivity contribution in [3.8, 4) is 0 Å². The van der Waals surface area contributed by atoms with E-state index in [0.29, 0.717) is 6.42 Å². The van der Waals surface area contributed by atoms with E-state index < -0.39 is 24.2 Å². The maximum Gasteiger partial charge on any atom is 0.249 e. The van der Waals surface area contributed by atoms with Gasteiger partial charge in [0.1, 0.15) is 6.10 Å². The number of carbonyl (C=O) groups excluding carboxylic acids is 1. The molecule has 5 heteroatoms. The Morgan fingerprint density at radius 2 is 0.952 bits per heavy atom. The number of hydrogen-bond donors (Lipinski definition) is 4. The Bertz CT molecular complexity index is 621. The summed E-state index contributed by atoms with van der Waals surface area (Å²) < 4.78 is 0. The van der Waals surface area contributed by atoms with Crippen molar-refractivity contribution in [3.63, 3.8) is 0 Å². The molecule has 0 saturated heterocycles. The second-order valence-electron chi connectivity index (χ2n) is 12.4. The number of aliphatic hydroxyl groups excluding tert-OH is 3. The van der Waals surface area contributed by atoms with E-state index in [0.717, 1.165) is 32.1 Å². The molecule has 0 fully saturated rings. The first kappa shape index (κ1) is 40.8. The lowest BCUT2D eigenvalue weighted by Gasteiger charge is -2.21. The van der Waals surface area contributed by atoms with Crippen LogP contribution in [-0.4, -0.2) is 46.1 Å². The average Bonchev–Trinajstić information content (AvgIpc) is 2.99. The fourth-order valence-corrected chi connectivity index (χ4v) is 5.35.